The number of allylic oxidation sites excluding steroid dienone is 1. The number of aromatic hydroxyl groups is 2. The van der Waals surface area contributed by atoms with Crippen molar-refractivity contribution in [1.82, 2.24) is 15.5 Å². The van der Waals surface area contributed by atoms with Crippen LogP contribution in [0.5, 0.6) is 11.5 Å². The third kappa shape index (κ3) is 12.0. The molecule has 1 saturated heterocycles. The molecule has 2 aliphatic rings. The van der Waals surface area contributed by atoms with Crippen LogP contribution < -0.4 is 10.6 Å². The Morgan fingerprint density at radius 3 is 1.88 bits per heavy atom. The van der Waals surface area contributed by atoms with Gasteiger partial charge in [-0.05, 0) is 107 Å². The van der Waals surface area contributed by atoms with Crippen LogP contribution in [-0.4, -0.2) is 113 Å². The highest BCUT2D eigenvalue weighted by atomic mass is 16.7. The molecule has 1 fully saturated rings. The summed E-state index contributed by atoms with van der Waals surface area (Å²) >= 11 is 0. The van der Waals surface area contributed by atoms with Crippen LogP contribution in [0.2, 0.25) is 0 Å². The minimum absolute atomic E-state index is 0.00850. The normalized spacial score (nSPS) is 22.0. The standard InChI is InChI=1S/C40H59N3O14/c1-23-12-13-28(44)32(47)31(23)39-18-21-43(11)26(4)40(39,55-30(46)16-20-42-34(49)25(3)53-36(51)57-38(8,9)10)17-14-27(22-39)54-29(45)15-19-41-33(48)24(2)52-35(50)56-37(5,6)7/h12-14,24-26,44,47H,15-22H2,1-11H3,(H,41,48)(H,42,49)/t24-,25-,26+,39+,40+/m0/s1. The minimum Gasteiger partial charge on any atom is -0.504 e. The molecule has 0 aromatic heterocycles. The Bertz CT molecular complexity index is 1710. The summed E-state index contributed by atoms with van der Waals surface area (Å²) in [4.78, 5) is 78.0. The second-order valence-electron chi connectivity index (χ2n) is 16.5. The van der Waals surface area contributed by atoms with E-state index in [4.69, 9.17) is 28.4 Å². The predicted molar refractivity (Wildman–Crippen MR) is 204 cm³/mol. The molecule has 1 aliphatic carbocycles. The van der Waals surface area contributed by atoms with Crippen LogP contribution >= 0.6 is 0 Å². The molecule has 0 spiro atoms. The number of carbonyl (C=O) groups excluding carboxylic acids is 6. The number of hydrogen-bond donors (Lipinski definition) is 4. The van der Waals surface area contributed by atoms with E-state index >= 15 is 0 Å². The van der Waals surface area contributed by atoms with Crippen LogP contribution in [0.25, 0.3) is 0 Å². The molecule has 318 valence electrons. The molecule has 3 rings (SSSR count). The van der Waals surface area contributed by atoms with Crippen LogP contribution in [0.4, 0.5) is 9.59 Å². The van der Waals surface area contributed by atoms with Gasteiger partial charge in [-0.2, -0.15) is 0 Å². The fraction of sp³-hybridized carbons (Fsp3) is 0.650. The SMILES string of the molecule is Cc1ccc(O)c(O)c1[C@]12CCN(C)[C@H](C)[C@]1(OC(=O)CCNC(=O)[C@H](C)OC(=O)OC(C)(C)C)CC=C(OC(=O)CCNC(=O)[C@H](C)OC(=O)OC(C)(C)C)C2. The number of amides is 2. The number of nitrogens with one attached hydrogen (secondary N) is 2. The van der Waals surface area contributed by atoms with Gasteiger partial charge in [0.25, 0.3) is 11.8 Å². The summed E-state index contributed by atoms with van der Waals surface area (Å²) in [5.41, 5.74) is -3.26. The maximum absolute atomic E-state index is 13.7. The van der Waals surface area contributed by atoms with E-state index in [-0.39, 0.29) is 50.3 Å². The fourth-order valence-electron chi connectivity index (χ4n) is 7.04. The van der Waals surface area contributed by atoms with E-state index in [0.29, 0.717) is 24.1 Å². The van der Waals surface area contributed by atoms with Crippen molar-refractivity contribution in [2.24, 2.45) is 0 Å². The van der Waals surface area contributed by atoms with Gasteiger partial charge in [0.15, 0.2) is 23.7 Å². The first-order valence-corrected chi connectivity index (χ1v) is 19.0. The molecule has 5 atom stereocenters. The predicted octanol–water partition coefficient (Wildman–Crippen LogP) is 4.56. The Hall–Kier alpha value is -5.06. The van der Waals surface area contributed by atoms with Crippen molar-refractivity contribution in [2.45, 2.75) is 142 Å². The highest BCUT2D eigenvalue weighted by Crippen LogP contribution is 2.59. The van der Waals surface area contributed by atoms with Crippen LogP contribution in [0.1, 0.15) is 106 Å². The van der Waals surface area contributed by atoms with E-state index in [1.165, 1.54) is 19.9 Å². The molecule has 57 heavy (non-hydrogen) atoms. The second kappa shape index (κ2) is 18.5. The Kier molecular flexibility index (Phi) is 15.0. The number of carbonyl (C=O) groups is 6. The average Bonchev–Trinajstić information content (AvgIpc) is 3.07. The van der Waals surface area contributed by atoms with Crippen LogP contribution in [0.3, 0.4) is 0 Å². The summed E-state index contributed by atoms with van der Waals surface area (Å²) in [5.74, 6) is -3.18. The molecule has 0 unspecified atom stereocenters. The van der Waals surface area contributed by atoms with Gasteiger partial charge in [0.1, 0.15) is 22.6 Å². The maximum Gasteiger partial charge on any atom is 0.509 e. The van der Waals surface area contributed by atoms with Gasteiger partial charge in [0, 0.05) is 43.0 Å². The number of nitrogens with zero attached hydrogens (tertiary/aromatic N) is 1. The highest BCUT2D eigenvalue weighted by molar-refractivity contribution is 5.83. The third-order valence-corrected chi connectivity index (χ3v) is 9.85. The van der Waals surface area contributed by atoms with Gasteiger partial charge >= 0.3 is 24.2 Å². The maximum atomic E-state index is 13.7. The molecule has 1 aromatic rings. The monoisotopic (exact) mass is 805 g/mol. The number of hydrogen-bond acceptors (Lipinski definition) is 15. The van der Waals surface area contributed by atoms with Gasteiger partial charge in [0.05, 0.1) is 12.8 Å². The largest absolute Gasteiger partial charge is 0.509 e. The van der Waals surface area contributed by atoms with Crippen LogP contribution in [0.15, 0.2) is 24.0 Å². The van der Waals surface area contributed by atoms with Gasteiger partial charge in [-0.25, -0.2) is 9.59 Å². The Balaban J connectivity index is 1.80. The molecule has 0 bridgehead atoms. The summed E-state index contributed by atoms with van der Waals surface area (Å²) in [5, 5.41) is 27.3. The Labute approximate surface area is 333 Å². The van der Waals surface area contributed by atoms with Crippen molar-refractivity contribution >= 4 is 36.1 Å². The minimum atomic E-state index is -1.36. The molecule has 1 aliphatic heterocycles. The number of aryl methyl sites for hydroxylation is 1. The lowest BCUT2D eigenvalue weighted by atomic mass is 9.54. The van der Waals surface area contributed by atoms with Crippen LogP contribution in [-0.2, 0) is 53.0 Å². The number of phenols is 2. The number of piperidine rings is 1. The van der Waals surface area contributed by atoms with Crippen molar-refractivity contribution in [3.05, 3.63) is 35.1 Å². The lowest BCUT2D eigenvalue weighted by Gasteiger charge is -2.60. The number of rotatable bonds is 13. The summed E-state index contributed by atoms with van der Waals surface area (Å²) in [6, 6.07) is 2.55. The molecule has 0 saturated carbocycles. The van der Waals surface area contributed by atoms with E-state index in [0.717, 1.165) is 0 Å². The average molecular weight is 806 g/mol. The van der Waals surface area contributed by atoms with E-state index < -0.39 is 82.3 Å². The summed E-state index contributed by atoms with van der Waals surface area (Å²) in [6.45, 7) is 16.5. The van der Waals surface area contributed by atoms with E-state index in [1.807, 2.05) is 18.9 Å². The zero-order valence-electron chi connectivity index (χ0n) is 34.9. The summed E-state index contributed by atoms with van der Waals surface area (Å²) in [7, 11) is 1.87. The molecule has 1 heterocycles. The number of likely N-dealkylation sites (tertiary alicyclic amines) is 1. The quantitative estimate of drug-likeness (QED) is 0.122. The van der Waals surface area contributed by atoms with Gasteiger partial charge in [-0.1, -0.05) is 6.07 Å². The first kappa shape index (κ1) is 46.3. The number of benzene rings is 1. The second-order valence-corrected chi connectivity index (χ2v) is 16.5. The van der Waals surface area contributed by atoms with E-state index in [9.17, 15) is 39.0 Å². The zero-order chi connectivity index (χ0) is 43.1. The van der Waals surface area contributed by atoms with Gasteiger partial charge in [-0.15, -0.1) is 0 Å². The summed E-state index contributed by atoms with van der Waals surface area (Å²) < 4.78 is 32.5. The zero-order valence-corrected chi connectivity index (χ0v) is 34.9. The third-order valence-electron chi connectivity index (χ3n) is 9.85. The Morgan fingerprint density at radius 1 is 0.860 bits per heavy atom. The van der Waals surface area contributed by atoms with Gasteiger partial charge in [-0.3, -0.25) is 24.1 Å². The molecule has 1 aromatic carbocycles. The topological polar surface area (TPSA) is 226 Å². The highest BCUT2D eigenvalue weighted by Gasteiger charge is 2.64. The molecule has 0 radical (unpaired) electrons. The van der Waals surface area contributed by atoms with E-state index in [2.05, 4.69) is 10.6 Å². The molecule has 4 N–H and O–H groups in total. The van der Waals surface area contributed by atoms with Crippen LogP contribution in [0, 0.1) is 6.92 Å². The van der Waals surface area contributed by atoms with Gasteiger partial charge < -0.3 is 49.3 Å². The molecule has 17 heteroatoms. The smallest absolute Gasteiger partial charge is 0.504 e. The number of fused-ring (bicyclic) bond motifs is 1. The van der Waals surface area contributed by atoms with Crippen molar-refractivity contribution in [3.8, 4) is 11.5 Å². The molecular formula is C40H59N3O14. The lowest BCUT2D eigenvalue weighted by molar-refractivity contribution is -0.193. The Morgan fingerprint density at radius 2 is 1.37 bits per heavy atom. The molecule has 17 nitrogen and oxygen atoms in total. The summed E-state index contributed by atoms with van der Waals surface area (Å²) in [6.07, 6.45) is -2.90. The molecule has 2 amide bonds. The first-order chi connectivity index (χ1) is 26.3. The number of likely N-dealkylation sites (N-methyl/N-ethyl adjacent to an activating group) is 1. The van der Waals surface area contributed by atoms with Crippen molar-refractivity contribution in [2.75, 3.05) is 26.7 Å². The number of phenolic OH excluding ortho intramolecular Hbond substituents is 2. The first-order valence-electron chi connectivity index (χ1n) is 19.0. The fourth-order valence-corrected chi connectivity index (χ4v) is 7.04. The van der Waals surface area contributed by atoms with E-state index in [1.54, 1.807) is 60.6 Å². The molecular weight excluding hydrogens is 746 g/mol. The van der Waals surface area contributed by atoms with Crippen molar-refractivity contribution < 1.29 is 67.4 Å². The van der Waals surface area contributed by atoms with Gasteiger partial charge in [0.2, 0.25) is 0 Å². The van der Waals surface area contributed by atoms with Crippen molar-refractivity contribution in [1.29, 1.82) is 0 Å². The number of ether oxygens (including phenoxy) is 6. The van der Waals surface area contributed by atoms with Crippen molar-refractivity contribution in [3.63, 3.8) is 0 Å². The lowest BCUT2D eigenvalue weighted by Crippen LogP contribution is -2.69. The number of esters is 2.